The van der Waals surface area contributed by atoms with Crippen LogP contribution in [0.5, 0.6) is 0 Å². The molecule has 0 saturated heterocycles. The van der Waals surface area contributed by atoms with Crippen LogP contribution in [0.25, 0.3) is 0 Å². The van der Waals surface area contributed by atoms with Gasteiger partial charge in [0.15, 0.2) is 0 Å². The fraction of sp³-hybridized carbons (Fsp3) is 1.00. The Morgan fingerprint density at radius 3 is 2.00 bits per heavy atom. The minimum atomic E-state index is -0.901. The van der Waals surface area contributed by atoms with Crippen molar-refractivity contribution < 1.29 is 5.21 Å². The van der Waals surface area contributed by atoms with Gasteiger partial charge in [0, 0.05) is 14.6 Å². The van der Waals surface area contributed by atoms with Crippen molar-refractivity contribution in [3.05, 3.63) is 0 Å². The third-order valence-electron chi connectivity index (χ3n) is 0.987. The number of hydrogen-bond acceptors (Lipinski definition) is 2. The summed E-state index contributed by atoms with van der Waals surface area (Å²) < 4.78 is 0. The lowest BCUT2D eigenvalue weighted by atomic mass is 10.8. The molecule has 0 fully saturated rings. The summed E-state index contributed by atoms with van der Waals surface area (Å²) >= 11 is 0. The Balaban J connectivity index is 3.11. The fourth-order valence-corrected chi connectivity index (χ4v) is 1.29. The van der Waals surface area contributed by atoms with Gasteiger partial charge in [-0.05, 0) is 6.04 Å². The Hall–Kier alpha value is 0.137. The molecule has 0 aliphatic carbocycles. The lowest BCUT2D eigenvalue weighted by Gasteiger charge is -2.13. The van der Waals surface area contributed by atoms with Crippen LogP contribution in [-0.2, 0) is 0 Å². The number of rotatable bonds is 3. The monoisotopic (exact) mass is 133 g/mol. The molecule has 2 N–H and O–H groups in total. The molecule has 0 atom stereocenters. The Morgan fingerprint density at radius 2 is 1.88 bits per heavy atom. The van der Waals surface area contributed by atoms with Gasteiger partial charge >= 0.3 is 0 Å². The normalized spacial score (nSPS) is 12.0. The molecule has 0 aliphatic heterocycles. The molecule has 0 bridgehead atoms. The summed E-state index contributed by atoms with van der Waals surface area (Å²) in [7, 11) is -0.901. The first-order valence-corrected chi connectivity index (χ1v) is 6.64. The third-order valence-corrected chi connectivity index (χ3v) is 2.74. The van der Waals surface area contributed by atoms with E-state index in [0.29, 0.717) is 0 Å². The van der Waals surface area contributed by atoms with Crippen LogP contribution in [0, 0.1) is 0 Å². The van der Waals surface area contributed by atoms with Gasteiger partial charge in [-0.15, -0.1) is 0 Å². The van der Waals surface area contributed by atoms with E-state index in [1.54, 1.807) is 0 Å². The Kier molecular flexibility index (Phi) is 3.27. The van der Waals surface area contributed by atoms with Crippen molar-refractivity contribution in [2.45, 2.75) is 25.7 Å². The van der Waals surface area contributed by atoms with Crippen LogP contribution in [0.1, 0.15) is 0 Å². The summed E-state index contributed by atoms with van der Waals surface area (Å²) in [6.45, 7) is 7.59. The van der Waals surface area contributed by atoms with Gasteiger partial charge in [0.25, 0.3) is 0 Å². The summed E-state index contributed by atoms with van der Waals surface area (Å²) in [6.07, 6.45) is 0. The molecule has 2 nitrogen and oxygen atoms in total. The van der Waals surface area contributed by atoms with Gasteiger partial charge in [-0.25, -0.2) is 5.48 Å². The molecule has 0 radical (unpaired) electrons. The van der Waals surface area contributed by atoms with Crippen LogP contribution < -0.4 is 5.48 Å². The van der Waals surface area contributed by atoms with E-state index in [-0.39, 0.29) is 0 Å². The smallest absolute Gasteiger partial charge is 0.0456 e. The zero-order valence-corrected chi connectivity index (χ0v) is 6.86. The van der Waals surface area contributed by atoms with Crippen LogP contribution in [0.15, 0.2) is 0 Å². The van der Waals surface area contributed by atoms with Gasteiger partial charge in [0.1, 0.15) is 0 Å². The second-order valence-corrected chi connectivity index (χ2v) is 8.84. The highest BCUT2D eigenvalue weighted by Gasteiger charge is 2.10. The number of hydroxylamine groups is 1. The Bertz CT molecular complexity index is 59.9. The van der Waals surface area contributed by atoms with E-state index in [1.807, 2.05) is 0 Å². The third kappa shape index (κ3) is 6.14. The van der Waals surface area contributed by atoms with Crippen molar-refractivity contribution in [2.75, 3.05) is 6.54 Å². The maximum Gasteiger partial charge on any atom is 0.0456 e. The van der Waals surface area contributed by atoms with E-state index >= 15 is 0 Å². The van der Waals surface area contributed by atoms with E-state index < -0.39 is 8.07 Å². The van der Waals surface area contributed by atoms with Crippen molar-refractivity contribution in [3.8, 4) is 0 Å². The molecule has 0 spiro atoms. The predicted octanol–water partition coefficient (Wildman–Crippen LogP) is 1.30. The molecule has 8 heavy (non-hydrogen) atoms. The second-order valence-electron chi connectivity index (χ2n) is 3.22. The van der Waals surface area contributed by atoms with Gasteiger partial charge in [0.2, 0.25) is 0 Å². The molecule has 0 saturated carbocycles. The molecular formula is C5H15NOSi. The lowest BCUT2D eigenvalue weighted by molar-refractivity contribution is 0.172. The second kappa shape index (κ2) is 3.22. The van der Waals surface area contributed by atoms with Gasteiger partial charge in [0.05, 0.1) is 0 Å². The zero-order chi connectivity index (χ0) is 6.62. The van der Waals surface area contributed by atoms with Crippen LogP contribution in [-0.4, -0.2) is 19.8 Å². The molecule has 0 unspecified atom stereocenters. The zero-order valence-electron chi connectivity index (χ0n) is 5.86. The van der Waals surface area contributed by atoms with Crippen LogP contribution >= 0.6 is 0 Å². The number of hydrogen-bond donors (Lipinski definition) is 2. The number of nitrogens with one attached hydrogen (secondary N) is 1. The largest absolute Gasteiger partial charge is 0.317 e. The first-order valence-electron chi connectivity index (χ1n) is 2.93. The van der Waals surface area contributed by atoms with Gasteiger partial charge in [-0.3, -0.25) is 0 Å². The van der Waals surface area contributed by atoms with Gasteiger partial charge in [-0.1, -0.05) is 19.6 Å². The van der Waals surface area contributed by atoms with Crippen LogP contribution in [0.3, 0.4) is 0 Å². The van der Waals surface area contributed by atoms with E-state index in [4.69, 9.17) is 5.21 Å². The lowest BCUT2D eigenvalue weighted by Crippen LogP contribution is -2.25. The molecule has 0 aromatic rings. The molecule has 0 aromatic carbocycles. The minimum Gasteiger partial charge on any atom is -0.317 e. The first-order chi connectivity index (χ1) is 3.56. The molecule has 0 rings (SSSR count). The molecule has 0 aliphatic rings. The predicted molar refractivity (Wildman–Crippen MR) is 37.9 cm³/mol. The van der Waals surface area contributed by atoms with Gasteiger partial charge in [-0.2, -0.15) is 0 Å². The Morgan fingerprint density at radius 1 is 1.38 bits per heavy atom. The maximum absolute atomic E-state index is 8.20. The highest BCUT2D eigenvalue weighted by molar-refractivity contribution is 6.76. The Labute approximate surface area is 51.9 Å². The topological polar surface area (TPSA) is 32.3 Å². The van der Waals surface area contributed by atoms with E-state index in [2.05, 4.69) is 25.1 Å². The minimum absolute atomic E-state index is 0.746. The van der Waals surface area contributed by atoms with Gasteiger partial charge < -0.3 is 5.21 Å². The molecule has 0 aromatic heterocycles. The molecule has 0 amide bonds. The van der Waals surface area contributed by atoms with Crippen LogP contribution in [0.2, 0.25) is 25.7 Å². The van der Waals surface area contributed by atoms with Crippen molar-refractivity contribution in [3.63, 3.8) is 0 Å². The molecule has 3 heteroatoms. The van der Waals surface area contributed by atoms with Crippen molar-refractivity contribution in [1.82, 2.24) is 5.48 Å². The SMILES string of the molecule is C[Si](C)(C)CCNO. The fourth-order valence-electron chi connectivity index (χ4n) is 0.431. The quantitative estimate of drug-likeness (QED) is 0.449. The van der Waals surface area contributed by atoms with E-state index in [0.717, 1.165) is 12.6 Å². The molecule has 0 heterocycles. The molecular weight excluding hydrogens is 118 g/mol. The highest BCUT2D eigenvalue weighted by atomic mass is 28.3. The average molecular weight is 133 g/mol. The van der Waals surface area contributed by atoms with Crippen molar-refractivity contribution in [2.24, 2.45) is 0 Å². The summed E-state index contributed by atoms with van der Waals surface area (Å²) in [5, 5.41) is 8.20. The summed E-state index contributed by atoms with van der Waals surface area (Å²) in [4.78, 5) is 0. The van der Waals surface area contributed by atoms with E-state index in [9.17, 15) is 0 Å². The van der Waals surface area contributed by atoms with Crippen molar-refractivity contribution >= 4 is 8.07 Å². The summed E-state index contributed by atoms with van der Waals surface area (Å²) in [6, 6.07) is 1.14. The van der Waals surface area contributed by atoms with E-state index in [1.165, 1.54) is 0 Å². The maximum atomic E-state index is 8.20. The first kappa shape index (κ1) is 8.14. The van der Waals surface area contributed by atoms with Crippen molar-refractivity contribution in [1.29, 1.82) is 0 Å². The van der Waals surface area contributed by atoms with Crippen LogP contribution in [0.4, 0.5) is 0 Å². The standard InChI is InChI=1S/C5H15NOSi/c1-8(2,3)5-4-6-7/h6-7H,4-5H2,1-3H3. The highest BCUT2D eigenvalue weighted by Crippen LogP contribution is 2.05. The average Bonchev–Trinajstić information content (AvgIpc) is 1.59. The summed E-state index contributed by atoms with van der Waals surface area (Å²) in [5.41, 5.74) is 2.16. The molecule has 50 valence electrons. The summed E-state index contributed by atoms with van der Waals surface area (Å²) in [5.74, 6) is 0.